The first kappa shape index (κ1) is 18.8. The van der Waals surface area contributed by atoms with Crippen molar-refractivity contribution < 1.29 is 9.53 Å². The van der Waals surface area contributed by atoms with Crippen LogP contribution in [0.3, 0.4) is 0 Å². The average Bonchev–Trinajstić information content (AvgIpc) is 2.23. The normalized spacial score (nSPS) is 20.6. The van der Waals surface area contributed by atoms with E-state index in [1.165, 1.54) is 6.92 Å². The smallest absolute Gasteiger partial charge is 0.302 e. The Hall–Kier alpha value is 0.847. The number of rotatable bonds is 3. The summed E-state index contributed by atoms with van der Waals surface area (Å²) in [5.74, 6) is -0.182. The maximum absolute atomic E-state index is 10.1. The second kappa shape index (κ2) is 8.91. The average molecular weight is 354 g/mol. The molecule has 0 atom stereocenters. The van der Waals surface area contributed by atoms with Crippen LogP contribution in [0.2, 0.25) is 6.04 Å². The van der Waals surface area contributed by atoms with Gasteiger partial charge in [-0.3, -0.25) is 4.79 Å². The quantitative estimate of drug-likeness (QED) is 0.230. The molecule has 0 unspecified atom stereocenters. The van der Waals surface area contributed by atoms with Gasteiger partial charge in [0.15, 0.2) is 0 Å². The fourth-order valence-corrected chi connectivity index (χ4v) is 5.23. The molecule has 1 fully saturated rings. The fraction of sp³-hybridized carbons (Fsp3) is 0.909. The minimum Gasteiger partial charge on any atom is -0.466 e. The molecule has 2 nitrogen and oxygen atoms in total. The van der Waals surface area contributed by atoms with E-state index in [1.54, 1.807) is 0 Å². The first-order chi connectivity index (χ1) is 8.23. The summed E-state index contributed by atoms with van der Waals surface area (Å²) in [6.07, 6.45) is 4.91. The van der Waals surface area contributed by atoms with Crippen LogP contribution in [0.15, 0.2) is 0 Å². The van der Waals surface area contributed by atoms with Gasteiger partial charge in [0.25, 0.3) is 6.69 Å². The maximum atomic E-state index is 10.1. The molecule has 108 valence electrons. The monoisotopic (exact) mass is 352 g/mol. The van der Waals surface area contributed by atoms with E-state index < -0.39 is 10.7 Å². The van der Waals surface area contributed by atoms with Crippen LogP contribution >= 0.6 is 45.4 Å². The second-order valence-electron chi connectivity index (χ2n) is 4.31. The van der Waals surface area contributed by atoms with Crippen LogP contribution in [0.4, 0.5) is 0 Å². The summed E-state index contributed by atoms with van der Waals surface area (Å²) < 4.78 is 3.83. The lowest BCUT2D eigenvalue weighted by molar-refractivity contribution is -0.141. The van der Waals surface area contributed by atoms with Crippen molar-refractivity contribution in [3.63, 3.8) is 0 Å². The molecule has 1 heterocycles. The van der Waals surface area contributed by atoms with Crippen LogP contribution in [0, 0.1) is 0 Å². The van der Waals surface area contributed by atoms with Crippen molar-refractivity contribution in [2.45, 2.75) is 56.0 Å². The fourth-order valence-electron chi connectivity index (χ4n) is 1.42. The van der Waals surface area contributed by atoms with E-state index in [0.717, 1.165) is 38.1 Å². The summed E-state index contributed by atoms with van der Waals surface area (Å²) in [6.45, 7) is 1.72. The van der Waals surface area contributed by atoms with Gasteiger partial charge in [-0.15, -0.1) is 45.4 Å². The molecular weight excluding hydrogens is 334 g/mol. The first-order valence-electron chi connectivity index (χ1n) is 6.12. The van der Waals surface area contributed by atoms with Crippen molar-refractivity contribution in [3.05, 3.63) is 0 Å². The molecule has 1 saturated heterocycles. The van der Waals surface area contributed by atoms with Crippen LogP contribution < -0.4 is 0 Å². The van der Waals surface area contributed by atoms with E-state index in [1.807, 2.05) is 0 Å². The third-order valence-electron chi connectivity index (χ3n) is 2.57. The highest BCUT2D eigenvalue weighted by molar-refractivity contribution is 7.50. The highest BCUT2D eigenvalue weighted by Gasteiger charge is 2.51. The summed E-state index contributed by atoms with van der Waals surface area (Å²) in [5.41, 5.74) is 0. The van der Waals surface area contributed by atoms with Gasteiger partial charge in [-0.1, -0.05) is 26.2 Å². The van der Waals surface area contributed by atoms with Crippen molar-refractivity contribution in [1.82, 2.24) is 0 Å². The Bertz CT molecular complexity index is 243. The maximum Gasteiger partial charge on any atom is 0.302 e. The highest BCUT2D eigenvalue weighted by atomic mass is 35.7. The molecule has 0 radical (unpaired) electrons. The number of esters is 1. The van der Waals surface area contributed by atoms with Gasteiger partial charge in [0.05, 0.1) is 6.61 Å². The Morgan fingerprint density at radius 2 is 1.94 bits per heavy atom. The molecular formula is C11H20Cl4O2Si. The molecule has 0 aromatic heterocycles. The number of carbonyl (C=O) groups excluding carboxylic acids is 1. The largest absolute Gasteiger partial charge is 0.466 e. The Kier molecular flexibility index (Phi) is 9.33. The molecule has 1 rings (SSSR count). The summed E-state index contributed by atoms with van der Waals surface area (Å²) >= 11 is 23.9. The first-order valence-corrected chi connectivity index (χ1v) is 11.1. The Morgan fingerprint density at radius 3 is 2.28 bits per heavy atom. The number of unbranched alkanes of at least 4 members (excludes halogenated alkanes) is 1. The number of halogens is 4. The lowest BCUT2D eigenvalue weighted by Crippen LogP contribution is -2.44. The van der Waals surface area contributed by atoms with Crippen LogP contribution in [0.25, 0.3) is 0 Å². The summed E-state index contributed by atoms with van der Waals surface area (Å²) in [4.78, 5) is 10.1. The molecule has 7 heteroatoms. The van der Waals surface area contributed by atoms with E-state index in [0.29, 0.717) is 6.61 Å². The standard InChI is InChI=1S/C6H12O2.C5H8Cl4Si/c1-3-4-5-8-6(2)7;6-5(7)3-1-2-4-10(5,8)9/h3-5H2,1-2H3;1-4H2. The van der Waals surface area contributed by atoms with Crippen molar-refractivity contribution in [3.8, 4) is 0 Å². The number of ether oxygens (including phenoxy) is 1. The summed E-state index contributed by atoms with van der Waals surface area (Å²) in [5, 5.41) is 0. The van der Waals surface area contributed by atoms with E-state index in [2.05, 4.69) is 11.7 Å². The number of alkyl halides is 2. The third kappa shape index (κ3) is 7.44. The number of carbonyl (C=O) groups is 1. The molecule has 0 aromatic rings. The number of hydrogen-bond acceptors (Lipinski definition) is 2. The Labute approximate surface area is 130 Å². The summed E-state index contributed by atoms with van der Waals surface area (Å²) in [7, 11) is 0. The van der Waals surface area contributed by atoms with Crippen molar-refractivity contribution in [2.75, 3.05) is 6.61 Å². The van der Waals surface area contributed by atoms with Crippen molar-refractivity contribution >= 4 is 58.0 Å². The highest BCUT2D eigenvalue weighted by Crippen LogP contribution is 2.48. The second-order valence-corrected chi connectivity index (χ2v) is 13.6. The van der Waals surface area contributed by atoms with Crippen LogP contribution in [-0.4, -0.2) is 23.2 Å². The molecule has 0 amide bonds. The van der Waals surface area contributed by atoms with E-state index in [-0.39, 0.29) is 5.97 Å². The zero-order chi connectivity index (χ0) is 14.2. The zero-order valence-corrected chi connectivity index (χ0v) is 14.8. The van der Waals surface area contributed by atoms with Gasteiger partial charge in [-0.25, -0.2) is 0 Å². The zero-order valence-electron chi connectivity index (χ0n) is 10.8. The molecule has 0 N–H and O–H groups in total. The Balaban J connectivity index is 0.000000331. The molecule has 1 aliphatic heterocycles. The predicted octanol–water partition coefficient (Wildman–Crippen LogP) is 5.15. The topological polar surface area (TPSA) is 26.3 Å². The van der Waals surface area contributed by atoms with Gasteiger partial charge in [0.2, 0.25) is 0 Å². The van der Waals surface area contributed by atoms with Crippen LogP contribution in [-0.2, 0) is 9.53 Å². The van der Waals surface area contributed by atoms with Gasteiger partial charge in [0, 0.05) is 6.92 Å². The van der Waals surface area contributed by atoms with Gasteiger partial charge < -0.3 is 4.74 Å². The van der Waals surface area contributed by atoms with Gasteiger partial charge in [-0.2, -0.15) is 0 Å². The molecule has 1 aliphatic rings. The minimum atomic E-state index is -2.34. The van der Waals surface area contributed by atoms with Gasteiger partial charge in [-0.05, 0) is 18.9 Å². The van der Waals surface area contributed by atoms with Gasteiger partial charge in [0.1, 0.15) is 3.96 Å². The molecule has 0 aliphatic carbocycles. The van der Waals surface area contributed by atoms with E-state index in [4.69, 9.17) is 45.4 Å². The predicted molar refractivity (Wildman–Crippen MR) is 82.1 cm³/mol. The van der Waals surface area contributed by atoms with E-state index in [9.17, 15) is 4.79 Å². The number of hydrogen-bond donors (Lipinski definition) is 0. The lowest BCUT2D eigenvalue weighted by atomic mass is 10.3. The SMILES string of the molecule is CCCCOC(C)=O.ClC1(Cl)CCCC[Si]1(Cl)Cl. The lowest BCUT2D eigenvalue weighted by Gasteiger charge is -2.34. The van der Waals surface area contributed by atoms with E-state index >= 15 is 0 Å². The Morgan fingerprint density at radius 1 is 1.33 bits per heavy atom. The molecule has 0 saturated carbocycles. The van der Waals surface area contributed by atoms with Crippen molar-refractivity contribution in [2.24, 2.45) is 0 Å². The molecule has 18 heavy (non-hydrogen) atoms. The van der Waals surface area contributed by atoms with Crippen LogP contribution in [0.5, 0.6) is 0 Å². The van der Waals surface area contributed by atoms with Crippen molar-refractivity contribution in [1.29, 1.82) is 0 Å². The minimum absolute atomic E-state index is 0.182. The van der Waals surface area contributed by atoms with Crippen LogP contribution in [0.1, 0.15) is 46.0 Å². The molecule has 0 bridgehead atoms. The van der Waals surface area contributed by atoms with Gasteiger partial charge >= 0.3 is 5.97 Å². The third-order valence-corrected chi connectivity index (χ3v) is 11.4. The molecule has 0 aromatic carbocycles. The summed E-state index contributed by atoms with van der Waals surface area (Å²) in [6, 6.07) is 0.823. The molecule has 0 spiro atoms.